The first kappa shape index (κ1) is 13.2. The molecule has 100 valence electrons. The molecular weight excluding hydrogens is 303 g/mol. The van der Waals surface area contributed by atoms with E-state index in [0.29, 0.717) is 11.6 Å². The maximum absolute atomic E-state index is 11.9. The number of alkyl halides is 2. The number of fused-ring (bicyclic) bond motifs is 1. The Morgan fingerprint density at radius 3 is 2.95 bits per heavy atom. The fourth-order valence-electron chi connectivity index (χ4n) is 1.93. The molecule has 1 heterocycles. The van der Waals surface area contributed by atoms with E-state index < -0.39 is 4.33 Å². The van der Waals surface area contributed by atoms with Gasteiger partial charge < -0.3 is 5.32 Å². The lowest BCUT2D eigenvalue weighted by Gasteiger charge is -2.00. The van der Waals surface area contributed by atoms with Gasteiger partial charge in [-0.2, -0.15) is 0 Å². The van der Waals surface area contributed by atoms with Crippen molar-refractivity contribution in [2.24, 2.45) is 5.92 Å². The van der Waals surface area contributed by atoms with Gasteiger partial charge in [0, 0.05) is 0 Å². The molecule has 1 amide bonds. The average Bonchev–Trinajstić information content (AvgIpc) is 2.83. The minimum Gasteiger partial charge on any atom is -0.302 e. The molecule has 3 rings (SSSR count). The summed E-state index contributed by atoms with van der Waals surface area (Å²) < 4.78 is 0.185. The molecule has 1 aliphatic rings. The Bertz CT molecular complexity index is 653. The van der Waals surface area contributed by atoms with E-state index in [9.17, 15) is 4.79 Å². The minimum atomic E-state index is -0.893. The van der Waals surface area contributed by atoms with E-state index in [2.05, 4.69) is 29.4 Å². The smallest absolute Gasteiger partial charge is 0.232 e. The molecule has 0 saturated heterocycles. The highest BCUT2D eigenvalue weighted by Gasteiger charge is 2.56. The van der Waals surface area contributed by atoms with Crippen molar-refractivity contribution in [1.82, 2.24) is 4.98 Å². The van der Waals surface area contributed by atoms with Gasteiger partial charge in [0.25, 0.3) is 0 Å². The first-order valence-corrected chi connectivity index (χ1v) is 7.65. The summed E-state index contributed by atoms with van der Waals surface area (Å²) in [5.74, 6) is -0.478. The average molecular weight is 315 g/mol. The van der Waals surface area contributed by atoms with Crippen molar-refractivity contribution >= 4 is 55.8 Å². The minimum absolute atomic E-state index is 0.153. The number of thiazole rings is 1. The molecule has 1 aliphatic carbocycles. The van der Waals surface area contributed by atoms with Gasteiger partial charge in [-0.15, -0.1) is 23.2 Å². The molecule has 1 aromatic carbocycles. The molecule has 0 spiro atoms. The standard InChI is InChI=1S/C13H12Cl2N2OS/c1-2-7-3-4-9-10(5-7)19-12(16-9)17-11(18)8-6-13(8,14)15/h3-5,8H,2,6H2,1H3,(H,16,17,18)/t8-/m0/s1. The number of hydrogen-bond acceptors (Lipinski definition) is 3. The quantitative estimate of drug-likeness (QED) is 0.870. The first-order valence-electron chi connectivity index (χ1n) is 6.08. The highest BCUT2D eigenvalue weighted by Crippen LogP contribution is 2.53. The highest BCUT2D eigenvalue weighted by molar-refractivity contribution is 7.22. The number of hydrogen-bond donors (Lipinski definition) is 1. The predicted molar refractivity (Wildman–Crippen MR) is 80.2 cm³/mol. The molecule has 1 atom stereocenters. The van der Waals surface area contributed by atoms with E-state index in [0.717, 1.165) is 16.6 Å². The molecular formula is C13H12Cl2N2OS. The van der Waals surface area contributed by atoms with E-state index in [1.807, 2.05) is 6.07 Å². The second-order valence-corrected chi connectivity index (χ2v) is 7.25. The number of carbonyl (C=O) groups excluding carboxylic acids is 1. The molecule has 2 aromatic rings. The Labute approximate surface area is 124 Å². The van der Waals surface area contributed by atoms with Gasteiger partial charge in [0.15, 0.2) is 5.13 Å². The zero-order valence-electron chi connectivity index (χ0n) is 10.2. The monoisotopic (exact) mass is 314 g/mol. The van der Waals surface area contributed by atoms with Crippen LogP contribution in [0.5, 0.6) is 0 Å². The largest absolute Gasteiger partial charge is 0.302 e. The number of rotatable bonds is 3. The van der Waals surface area contributed by atoms with Crippen LogP contribution < -0.4 is 5.32 Å². The summed E-state index contributed by atoms with van der Waals surface area (Å²) in [5, 5.41) is 3.39. The summed E-state index contributed by atoms with van der Waals surface area (Å²) in [5.41, 5.74) is 2.16. The summed E-state index contributed by atoms with van der Waals surface area (Å²) in [6.07, 6.45) is 1.49. The second-order valence-electron chi connectivity index (χ2n) is 4.68. The van der Waals surface area contributed by atoms with Crippen molar-refractivity contribution < 1.29 is 4.79 Å². The number of aromatic nitrogens is 1. The van der Waals surface area contributed by atoms with E-state index in [1.165, 1.54) is 16.9 Å². The van der Waals surface area contributed by atoms with Gasteiger partial charge in [0.2, 0.25) is 5.91 Å². The van der Waals surface area contributed by atoms with Gasteiger partial charge >= 0.3 is 0 Å². The SMILES string of the molecule is CCc1ccc2nc(NC(=O)[C@@H]3CC3(Cl)Cl)sc2c1. The molecule has 0 bridgehead atoms. The van der Waals surface area contributed by atoms with Crippen LogP contribution >= 0.6 is 34.5 Å². The Balaban J connectivity index is 1.80. The topological polar surface area (TPSA) is 42.0 Å². The number of benzene rings is 1. The van der Waals surface area contributed by atoms with Crippen molar-refractivity contribution in [2.45, 2.75) is 24.1 Å². The molecule has 0 unspecified atom stereocenters. The number of nitrogens with one attached hydrogen (secondary N) is 1. The van der Waals surface area contributed by atoms with Crippen LogP contribution in [0.1, 0.15) is 18.9 Å². The predicted octanol–water partition coefficient (Wildman–Crippen LogP) is 3.99. The van der Waals surface area contributed by atoms with Gasteiger partial charge in [-0.1, -0.05) is 24.3 Å². The molecule has 0 aliphatic heterocycles. The summed E-state index contributed by atoms with van der Waals surface area (Å²) in [6, 6.07) is 6.13. The fourth-order valence-corrected chi connectivity index (χ4v) is 3.37. The zero-order valence-corrected chi connectivity index (χ0v) is 12.6. The van der Waals surface area contributed by atoms with Gasteiger partial charge in [0.05, 0.1) is 16.1 Å². The Hall–Kier alpha value is -0.840. The molecule has 1 fully saturated rings. The third kappa shape index (κ3) is 2.57. The van der Waals surface area contributed by atoms with Gasteiger partial charge in [-0.25, -0.2) is 4.98 Å². The lowest BCUT2D eigenvalue weighted by atomic mass is 10.2. The third-order valence-electron chi connectivity index (χ3n) is 3.23. The van der Waals surface area contributed by atoms with Crippen molar-refractivity contribution in [3.05, 3.63) is 23.8 Å². The second kappa shape index (κ2) is 4.62. The van der Waals surface area contributed by atoms with Crippen molar-refractivity contribution in [1.29, 1.82) is 0 Å². The highest BCUT2D eigenvalue weighted by atomic mass is 35.5. The van der Waals surface area contributed by atoms with Crippen LogP contribution in [0.2, 0.25) is 0 Å². The summed E-state index contributed by atoms with van der Waals surface area (Å²) in [7, 11) is 0. The lowest BCUT2D eigenvalue weighted by Crippen LogP contribution is -2.16. The molecule has 1 N–H and O–H groups in total. The third-order valence-corrected chi connectivity index (χ3v) is 5.00. The van der Waals surface area contributed by atoms with Crippen LogP contribution in [0.3, 0.4) is 0 Å². The fraction of sp³-hybridized carbons (Fsp3) is 0.385. The Kier molecular flexibility index (Phi) is 3.20. The van der Waals surface area contributed by atoms with Gasteiger partial charge in [0.1, 0.15) is 4.33 Å². The van der Waals surface area contributed by atoms with E-state index in [-0.39, 0.29) is 11.8 Å². The number of aryl methyl sites for hydroxylation is 1. The number of carbonyl (C=O) groups is 1. The van der Waals surface area contributed by atoms with Crippen molar-refractivity contribution in [2.75, 3.05) is 5.32 Å². The van der Waals surface area contributed by atoms with Crippen LogP contribution in [-0.4, -0.2) is 15.2 Å². The molecule has 6 heteroatoms. The van der Waals surface area contributed by atoms with Crippen LogP contribution in [0.4, 0.5) is 5.13 Å². The van der Waals surface area contributed by atoms with Crippen molar-refractivity contribution in [3.8, 4) is 0 Å². The van der Waals surface area contributed by atoms with Gasteiger partial charge in [-0.3, -0.25) is 4.79 Å². The summed E-state index contributed by atoms with van der Waals surface area (Å²) in [6.45, 7) is 2.11. The maximum atomic E-state index is 11.9. The summed E-state index contributed by atoms with van der Waals surface area (Å²) in [4.78, 5) is 16.3. The lowest BCUT2D eigenvalue weighted by molar-refractivity contribution is -0.117. The van der Waals surface area contributed by atoms with Crippen molar-refractivity contribution in [3.63, 3.8) is 0 Å². The van der Waals surface area contributed by atoms with Crippen LogP contribution in [-0.2, 0) is 11.2 Å². The zero-order chi connectivity index (χ0) is 13.6. The number of amides is 1. The van der Waals surface area contributed by atoms with E-state index in [4.69, 9.17) is 23.2 Å². The van der Waals surface area contributed by atoms with Crippen LogP contribution in [0, 0.1) is 5.92 Å². The molecule has 19 heavy (non-hydrogen) atoms. The van der Waals surface area contributed by atoms with Gasteiger partial charge in [-0.05, 0) is 30.5 Å². The summed E-state index contributed by atoms with van der Waals surface area (Å²) >= 11 is 13.2. The molecule has 1 saturated carbocycles. The molecule has 3 nitrogen and oxygen atoms in total. The number of nitrogens with zero attached hydrogens (tertiary/aromatic N) is 1. The van der Waals surface area contributed by atoms with E-state index >= 15 is 0 Å². The Morgan fingerprint density at radius 2 is 2.32 bits per heavy atom. The molecule has 0 radical (unpaired) electrons. The first-order chi connectivity index (χ1) is 8.99. The van der Waals surface area contributed by atoms with Crippen LogP contribution in [0.25, 0.3) is 10.2 Å². The van der Waals surface area contributed by atoms with Crippen LogP contribution in [0.15, 0.2) is 18.2 Å². The Morgan fingerprint density at radius 1 is 1.58 bits per heavy atom. The number of halogens is 2. The number of anilines is 1. The molecule has 1 aromatic heterocycles. The maximum Gasteiger partial charge on any atom is 0.232 e. The normalized spacial score (nSPS) is 20.5. The van der Waals surface area contributed by atoms with E-state index in [1.54, 1.807) is 0 Å².